The Morgan fingerprint density at radius 2 is 1.72 bits per heavy atom. The molecule has 2 aliphatic rings. The lowest BCUT2D eigenvalue weighted by molar-refractivity contribution is -0.145. The summed E-state index contributed by atoms with van der Waals surface area (Å²) in [5.74, 6) is -4.61. The molecule has 1 unspecified atom stereocenters. The molecule has 7 atom stereocenters. The van der Waals surface area contributed by atoms with E-state index in [0.717, 1.165) is 38.8 Å². The van der Waals surface area contributed by atoms with Crippen LogP contribution < -0.4 is 32.7 Å². The van der Waals surface area contributed by atoms with Crippen LogP contribution in [0, 0.1) is 17.8 Å². The molecule has 2 aliphatic heterocycles. The molecule has 1 fully saturated rings. The third-order valence-electron chi connectivity index (χ3n) is 11.7. The number of phenolic OH excluding ortho intramolecular Hbond substituents is 1. The number of rotatable bonds is 14. The first-order valence-electron chi connectivity index (χ1n) is 22.3. The summed E-state index contributed by atoms with van der Waals surface area (Å²) >= 11 is 0. The number of hydrogen-bond acceptors (Lipinski definition) is 10. The molecule has 0 aliphatic carbocycles. The van der Waals surface area contributed by atoms with Crippen LogP contribution in [0.1, 0.15) is 122 Å². The van der Waals surface area contributed by atoms with E-state index in [0.29, 0.717) is 75.5 Å². The van der Waals surface area contributed by atoms with Gasteiger partial charge in [0.15, 0.2) is 5.78 Å². The van der Waals surface area contributed by atoms with Crippen LogP contribution in [0.25, 0.3) is 0 Å². The molecule has 0 spiro atoms. The summed E-state index contributed by atoms with van der Waals surface area (Å²) in [5, 5.41) is 32.7. The van der Waals surface area contributed by atoms with Crippen molar-refractivity contribution >= 4 is 35.4 Å². The summed E-state index contributed by atoms with van der Waals surface area (Å²) in [6.07, 6.45) is 11.2. The molecule has 60 heavy (non-hydrogen) atoms. The van der Waals surface area contributed by atoms with Gasteiger partial charge in [0.05, 0.1) is 18.0 Å². The largest absolute Gasteiger partial charge is 0.508 e. The van der Waals surface area contributed by atoms with Crippen molar-refractivity contribution in [3.63, 3.8) is 0 Å². The number of nitrogens with zero attached hydrogens (tertiary/aromatic N) is 1. The minimum absolute atomic E-state index is 0.00306. The Kier molecular flexibility index (Phi) is 21.8. The number of allylic oxidation sites excluding steroid dienone is 2. The van der Waals surface area contributed by atoms with Gasteiger partial charge in [-0.05, 0) is 119 Å². The van der Waals surface area contributed by atoms with E-state index in [2.05, 4.69) is 27.3 Å². The lowest BCUT2D eigenvalue weighted by Crippen LogP contribution is -2.59. The number of carboxylic acids is 1. The van der Waals surface area contributed by atoms with Crippen molar-refractivity contribution < 1.29 is 39.0 Å². The first-order valence-corrected chi connectivity index (χ1v) is 22.3. The molecule has 2 heterocycles. The van der Waals surface area contributed by atoms with Gasteiger partial charge in [-0.25, -0.2) is 0 Å². The molecule has 336 valence electrons. The second kappa shape index (κ2) is 26.1. The number of aromatic hydroxyl groups is 1. The molecule has 15 nitrogen and oxygen atoms in total. The molecule has 3 rings (SSSR count). The van der Waals surface area contributed by atoms with Crippen molar-refractivity contribution in [2.75, 3.05) is 26.2 Å². The van der Waals surface area contributed by atoms with Gasteiger partial charge < -0.3 is 47.8 Å². The van der Waals surface area contributed by atoms with E-state index in [1.54, 1.807) is 18.2 Å². The fourth-order valence-electron chi connectivity index (χ4n) is 7.96. The van der Waals surface area contributed by atoms with Gasteiger partial charge in [0, 0.05) is 19.4 Å². The second-order valence-corrected chi connectivity index (χ2v) is 17.1. The predicted molar refractivity (Wildman–Crippen MR) is 232 cm³/mol. The Balaban J connectivity index is 1.99. The molecule has 2 bridgehead atoms. The average molecular weight is 840 g/mol. The van der Waals surface area contributed by atoms with Gasteiger partial charge in [-0.2, -0.15) is 0 Å². The van der Waals surface area contributed by atoms with Crippen molar-refractivity contribution in [3.8, 4) is 5.75 Å². The predicted octanol–water partition coefficient (Wildman–Crippen LogP) is 3.24. The number of carbonyl (C=O) groups is 6. The Morgan fingerprint density at radius 3 is 2.42 bits per heavy atom. The normalized spacial score (nSPS) is 23.3. The van der Waals surface area contributed by atoms with E-state index in [1.165, 1.54) is 4.90 Å². The quantitative estimate of drug-likeness (QED) is 0.0999. The van der Waals surface area contributed by atoms with E-state index in [-0.39, 0.29) is 37.0 Å². The highest BCUT2D eigenvalue weighted by Gasteiger charge is 2.40. The van der Waals surface area contributed by atoms with Gasteiger partial charge in [-0.1, -0.05) is 64.8 Å². The fraction of sp³-hybridized carbons (Fsp3) is 0.689. The zero-order valence-corrected chi connectivity index (χ0v) is 36.4. The monoisotopic (exact) mass is 840 g/mol. The lowest BCUT2D eigenvalue weighted by Gasteiger charge is -2.31. The third kappa shape index (κ3) is 16.3. The molecule has 0 radical (unpaired) electrons. The van der Waals surface area contributed by atoms with Gasteiger partial charge in [0.2, 0.25) is 23.6 Å². The number of amides is 4. The number of carbonyl (C=O) groups excluding carboxylic acids is 5. The number of fused-ring (bicyclic) bond motifs is 3. The molecule has 1 saturated heterocycles. The highest BCUT2D eigenvalue weighted by atomic mass is 16.4. The standard InChI is InChI=1S/C45H73N7O8/c1-5-30(4)40(39(54)28-33(45(59)60)25-29(2)3)51-42(56)36-27-31-19-20-38(53)32(26-31)15-8-6-7-12-22-48-23-13-10-16-34(47)41(55)49-35(17-9-11-21-46)44(58)52-24-14-18-37(52)43(57)50-36/h6,8,19-20,26,29-30,33-37,40,48,53H,5,7,9-18,21-25,27-28,46-47H2,1-4H3,(H,49,55)(H,50,57)(H,51,56)(H,59,60)/t30?,33-,34+,35+,36+,37+,40+/m1/s1. The Hall–Kier alpha value is -4.34. The summed E-state index contributed by atoms with van der Waals surface area (Å²) in [5.41, 5.74) is 13.3. The Bertz CT molecular complexity index is 1600. The summed E-state index contributed by atoms with van der Waals surface area (Å²) in [4.78, 5) is 83.6. The van der Waals surface area contributed by atoms with Gasteiger partial charge in [0.1, 0.15) is 23.9 Å². The number of aliphatic carboxylic acids is 1. The first-order chi connectivity index (χ1) is 28.7. The number of benzene rings is 1. The topological polar surface area (TPSA) is 246 Å². The van der Waals surface area contributed by atoms with Crippen molar-refractivity contribution in [2.24, 2.45) is 29.2 Å². The number of hydrogen-bond donors (Lipinski definition) is 8. The minimum Gasteiger partial charge on any atom is -0.508 e. The van der Waals surface area contributed by atoms with Crippen LogP contribution in [-0.2, 0) is 41.6 Å². The van der Waals surface area contributed by atoms with Gasteiger partial charge in [0.25, 0.3) is 0 Å². The van der Waals surface area contributed by atoms with Crippen LogP contribution in [0.4, 0.5) is 0 Å². The maximum absolute atomic E-state index is 14.4. The molecule has 1 aromatic rings. The van der Waals surface area contributed by atoms with Crippen LogP contribution in [0.15, 0.2) is 30.4 Å². The van der Waals surface area contributed by atoms with E-state index >= 15 is 0 Å². The minimum atomic E-state index is -1.20. The number of unbranched alkanes of at least 4 members (excludes halogenated alkanes) is 1. The smallest absolute Gasteiger partial charge is 0.306 e. The zero-order valence-electron chi connectivity index (χ0n) is 36.4. The lowest BCUT2D eigenvalue weighted by atomic mass is 9.86. The van der Waals surface area contributed by atoms with E-state index in [1.807, 2.05) is 33.8 Å². The summed E-state index contributed by atoms with van der Waals surface area (Å²) < 4.78 is 0. The molecule has 15 heteroatoms. The number of Topliss-reactive ketones (excluding diaryl/α,β-unsaturated/α-hetero) is 1. The molecular formula is C45H73N7O8. The Labute approximate surface area is 356 Å². The van der Waals surface area contributed by atoms with Crippen LogP contribution >= 0.6 is 0 Å². The maximum atomic E-state index is 14.4. The summed E-state index contributed by atoms with van der Waals surface area (Å²) in [7, 11) is 0. The zero-order chi connectivity index (χ0) is 44.2. The molecule has 10 N–H and O–H groups in total. The average Bonchev–Trinajstić information content (AvgIpc) is 3.71. The van der Waals surface area contributed by atoms with Crippen molar-refractivity contribution in [2.45, 2.75) is 154 Å². The number of carboxylic acid groups (broad SMARTS) is 1. The highest BCUT2D eigenvalue weighted by molar-refractivity contribution is 5.97. The number of nitrogens with one attached hydrogen (secondary N) is 4. The van der Waals surface area contributed by atoms with Gasteiger partial charge in [-0.15, -0.1) is 0 Å². The van der Waals surface area contributed by atoms with Crippen LogP contribution in [-0.4, -0.2) is 107 Å². The molecule has 0 aromatic heterocycles. The molecule has 4 amide bonds. The summed E-state index contributed by atoms with van der Waals surface area (Å²) in [6, 6.07) is 0.158. The number of nitrogens with two attached hydrogens (primary N) is 2. The van der Waals surface area contributed by atoms with Crippen molar-refractivity contribution in [3.05, 3.63) is 41.5 Å². The van der Waals surface area contributed by atoms with E-state index in [4.69, 9.17) is 11.5 Å². The van der Waals surface area contributed by atoms with E-state index in [9.17, 15) is 39.0 Å². The van der Waals surface area contributed by atoms with Crippen molar-refractivity contribution in [1.82, 2.24) is 26.2 Å². The van der Waals surface area contributed by atoms with Gasteiger partial charge in [-0.3, -0.25) is 28.8 Å². The SMILES string of the molecule is CCC(C)[C@H](NC(=O)[C@@H]1Cc2ccc(O)c(c2)CC=CCCCNCCCC[C@H](N)C(=O)N[C@@H](CCCCN)C(=O)N2CCC[C@H]2C(=O)N1)C(=O)C[C@@H](CC(C)C)C(=O)O. The Morgan fingerprint density at radius 1 is 0.967 bits per heavy atom. The van der Waals surface area contributed by atoms with Crippen LogP contribution in [0.2, 0.25) is 0 Å². The fourth-order valence-corrected chi connectivity index (χ4v) is 7.96. The maximum Gasteiger partial charge on any atom is 0.306 e. The van der Waals surface area contributed by atoms with E-state index < -0.39 is 71.5 Å². The molecule has 1 aromatic carbocycles. The van der Waals surface area contributed by atoms with Crippen LogP contribution in [0.5, 0.6) is 5.75 Å². The first kappa shape index (κ1) is 50.0. The number of ketones is 1. The van der Waals surface area contributed by atoms with Crippen molar-refractivity contribution in [1.29, 1.82) is 0 Å². The molecular weight excluding hydrogens is 767 g/mol. The molecule has 0 saturated carbocycles. The number of phenols is 1. The highest BCUT2D eigenvalue weighted by Crippen LogP contribution is 2.24. The van der Waals surface area contributed by atoms with Crippen LogP contribution in [0.3, 0.4) is 0 Å². The third-order valence-corrected chi connectivity index (χ3v) is 11.7. The summed E-state index contributed by atoms with van der Waals surface area (Å²) in [6.45, 7) is 9.77. The van der Waals surface area contributed by atoms with Gasteiger partial charge >= 0.3 is 5.97 Å². The second-order valence-electron chi connectivity index (χ2n) is 17.1.